The van der Waals surface area contributed by atoms with E-state index < -0.39 is 0 Å². The smallest absolute Gasteiger partial charge is 0.0279 e. The van der Waals surface area contributed by atoms with Crippen LogP contribution in [-0.2, 0) is 0 Å². The lowest BCUT2D eigenvalue weighted by atomic mass is 10.0. The lowest BCUT2D eigenvalue weighted by molar-refractivity contribution is 1.42. The molecule has 1 aliphatic rings. The fourth-order valence-corrected chi connectivity index (χ4v) is 3.19. The molecule has 31 heavy (non-hydrogen) atoms. The molecule has 0 aliphatic heterocycles. The van der Waals surface area contributed by atoms with Crippen LogP contribution in [-0.4, -0.2) is 0 Å². The van der Waals surface area contributed by atoms with Crippen LogP contribution in [0.3, 0.4) is 0 Å². The summed E-state index contributed by atoms with van der Waals surface area (Å²) in [7, 11) is 0. The highest BCUT2D eigenvalue weighted by atomic mass is 32.1. The molecule has 3 aromatic rings. The predicted molar refractivity (Wildman–Crippen MR) is 132 cm³/mol. The Morgan fingerprint density at radius 3 is 1.81 bits per heavy atom. The highest BCUT2D eigenvalue weighted by molar-refractivity contribution is 7.80. The Bertz CT molecular complexity index is 1350. The molecule has 1 heteroatoms. The zero-order valence-electron chi connectivity index (χ0n) is 17.2. The van der Waals surface area contributed by atoms with E-state index in [0.717, 1.165) is 50.3 Å². The van der Waals surface area contributed by atoms with E-state index >= 15 is 0 Å². The number of hydrogen-bond donors (Lipinski definition) is 1. The summed E-state index contributed by atoms with van der Waals surface area (Å²) in [6.07, 6.45) is 7.29. The van der Waals surface area contributed by atoms with E-state index in [0.29, 0.717) is 0 Å². The van der Waals surface area contributed by atoms with Crippen molar-refractivity contribution in [2.75, 3.05) is 0 Å². The van der Waals surface area contributed by atoms with Crippen LogP contribution in [0.25, 0.3) is 0 Å². The Hall–Kier alpha value is -3.83. The molecule has 0 fully saturated rings. The van der Waals surface area contributed by atoms with Gasteiger partial charge in [-0.05, 0) is 85.6 Å². The monoisotopic (exact) mass is 412 g/mol. The molecular formula is C30H20S. The summed E-state index contributed by atoms with van der Waals surface area (Å²) < 4.78 is 0. The number of allylic oxidation sites excluding steroid dienone is 4. The van der Waals surface area contributed by atoms with Crippen molar-refractivity contribution in [2.45, 2.75) is 18.2 Å². The van der Waals surface area contributed by atoms with Gasteiger partial charge >= 0.3 is 0 Å². The van der Waals surface area contributed by atoms with E-state index in [4.69, 9.17) is 0 Å². The quantitative estimate of drug-likeness (QED) is 0.324. The van der Waals surface area contributed by atoms with Gasteiger partial charge in [0.1, 0.15) is 0 Å². The van der Waals surface area contributed by atoms with Gasteiger partial charge in [0.05, 0.1) is 0 Å². The maximum absolute atomic E-state index is 4.30. The highest BCUT2D eigenvalue weighted by Crippen LogP contribution is 2.12. The van der Waals surface area contributed by atoms with Gasteiger partial charge in [-0.3, -0.25) is 0 Å². The van der Waals surface area contributed by atoms with Gasteiger partial charge in [0.25, 0.3) is 0 Å². The third-order valence-electron chi connectivity index (χ3n) is 4.79. The van der Waals surface area contributed by atoms with E-state index in [1.807, 2.05) is 60.7 Å². The number of rotatable bonds is 0. The van der Waals surface area contributed by atoms with Gasteiger partial charge < -0.3 is 0 Å². The van der Waals surface area contributed by atoms with Crippen LogP contribution in [0, 0.1) is 42.4 Å². The number of benzene rings is 3. The van der Waals surface area contributed by atoms with Crippen molar-refractivity contribution < 1.29 is 0 Å². The number of thiol groups is 1. The van der Waals surface area contributed by atoms with Crippen molar-refractivity contribution in [3.8, 4) is 35.5 Å². The zero-order valence-corrected chi connectivity index (χ0v) is 18.1. The first-order valence-corrected chi connectivity index (χ1v) is 10.5. The lowest BCUT2D eigenvalue weighted by Crippen LogP contribution is -1.85. The first kappa shape index (κ1) is 20.4. The second-order valence-electron chi connectivity index (χ2n) is 7.20. The summed E-state index contributed by atoms with van der Waals surface area (Å²) in [5.41, 5.74) is 7.13. The minimum atomic E-state index is 0.936. The van der Waals surface area contributed by atoms with Crippen molar-refractivity contribution in [1.82, 2.24) is 0 Å². The molecule has 0 saturated heterocycles. The number of aryl methyl sites for hydroxylation is 1. The van der Waals surface area contributed by atoms with Gasteiger partial charge in [0.2, 0.25) is 0 Å². The van der Waals surface area contributed by atoms with Gasteiger partial charge in [-0.1, -0.05) is 53.8 Å². The average molecular weight is 413 g/mol. The van der Waals surface area contributed by atoms with Gasteiger partial charge in [-0.15, -0.1) is 12.6 Å². The van der Waals surface area contributed by atoms with Gasteiger partial charge in [0, 0.05) is 38.3 Å². The van der Waals surface area contributed by atoms with E-state index in [1.54, 1.807) is 0 Å². The van der Waals surface area contributed by atoms with Gasteiger partial charge in [0.15, 0.2) is 0 Å². The molecule has 0 radical (unpaired) electrons. The molecule has 0 unspecified atom stereocenters. The SMILES string of the molecule is Cc1cc(C#Cc2ccc(S)cc2)ccc1C#Cc1ccc(C#CC2=CCC=C2)cc1. The van der Waals surface area contributed by atoms with E-state index in [1.165, 1.54) is 0 Å². The molecule has 0 bridgehead atoms. The molecule has 0 aromatic heterocycles. The molecule has 0 spiro atoms. The maximum atomic E-state index is 4.30. The molecule has 0 amide bonds. The van der Waals surface area contributed by atoms with Gasteiger partial charge in [-0.25, -0.2) is 0 Å². The number of hydrogen-bond acceptors (Lipinski definition) is 1. The molecule has 4 rings (SSSR count). The molecule has 3 aromatic carbocycles. The van der Waals surface area contributed by atoms with Crippen LogP contribution in [0.2, 0.25) is 0 Å². The van der Waals surface area contributed by atoms with E-state index in [2.05, 4.69) is 79.4 Å². The summed E-state index contributed by atoms with van der Waals surface area (Å²) in [5, 5.41) is 0. The second-order valence-corrected chi connectivity index (χ2v) is 7.72. The molecule has 0 saturated carbocycles. The van der Waals surface area contributed by atoms with Crippen LogP contribution >= 0.6 is 12.6 Å². The fraction of sp³-hybridized carbons (Fsp3) is 0.0667. The van der Waals surface area contributed by atoms with Crippen LogP contribution in [0.5, 0.6) is 0 Å². The van der Waals surface area contributed by atoms with Crippen LogP contribution < -0.4 is 0 Å². The molecule has 0 atom stereocenters. The molecule has 0 heterocycles. The van der Waals surface area contributed by atoms with Crippen molar-refractivity contribution in [3.05, 3.63) is 124 Å². The third-order valence-corrected chi connectivity index (χ3v) is 5.09. The van der Waals surface area contributed by atoms with Crippen molar-refractivity contribution in [3.63, 3.8) is 0 Å². The maximum Gasteiger partial charge on any atom is 0.0279 e. The Morgan fingerprint density at radius 1 is 0.645 bits per heavy atom. The van der Waals surface area contributed by atoms with Crippen LogP contribution in [0.1, 0.15) is 39.8 Å². The summed E-state index contributed by atoms with van der Waals surface area (Å²) in [4.78, 5) is 0.936. The summed E-state index contributed by atoms with van der Waals surface area (Å²) >= 11 is 4.30. The predicted octanol–water partition coefficient (Wildman–Crippen LogP) is 6.32. The molecule has 1 aliphatic carbocycles. The lowest BCUT2D eigenvalue weighted by Gasteiger charge is -1.99. The van der Waals surface area contributed by atoms with Crippen molar-refractivity contribution in [1.29, 1.82) is 0 Å². The van der Waals surface area contributed by atoms with Crippen LogP contribution in [0.4, 0.5) is 0 Å². The summed E-state index contributed by atoms with van der Waals surface area (Å²) in [6.45, 7) is 2.07. The van der Waals surface area contributed by atoms with E-state index in [-0.39, 0.29) is 0 Å². The Labute approximate surface area is 190 Å². The molecule has 0 nitrogen and oxygen atoms in total. The first-order valence-electron chi connectivity index (χ1n) is 10.1. The standard InChI is InChI=1S/C30H20S/c1-23-22-28(13-12-27-16-20-30(31)21-17-27)15-19-29(23)18-14-26-10-8-25(9-11-26)7-6-24-4-2-3-5-24/h2,4-5,8-11,15-17,19-22,31H,3H2,1H3. The van der Waals surface area contributed by atoms with E-state index in [9.17, 15) is 0 Å². The van der Waals surface area contributed by atoms with Gasteiger partial charge in [-0.2, -0.15) is 0 Å². The topological polar surface area (TPSA) is 0 Å². The summed E-state index contributed by atoms with van der Waals surface area (Å²) in [5.74, 6) is 19.3. The minimum Gasteiger partial charge on any atom is -0.143 e. The average Bonchev–Trinajstić information content (AvgIpc) is 3.31. The molecule has 0 N–H and O–H groups in total. The Balaban J connectivity index is 1.45. The third kappa shape index (κ3) is 5.84. The Morgan fingerprint density at radius 2 is 1.19 bits per heavy atom. The van der Waals surface area contributed by atoms with Crippen molar-refractivity contribution >= 4 is 12.6 Å². The Kier molecular flexibility index (Phi) is 6.45. The van der Waals surface area contributed by atoms with Crippen molar-refractivity contribution in [2.24, 2.45) is 0 Å². The first-order chi connectivity index (χ1) is 15.2. The minimum absolute atomic E-state index is 0.936. The fourth-order valence-electron chi connectivity index (χ4n) is 3.04. The van der Waals surface area contributed by atoms with Crippen LogP contribution in [0.15, 0.2) is 95.4 Å². The zero-order chi connectivity index (χ0) is 21.5. The summed E-state index contributed by atoms with van der Waals surface area (Å²) in [6, 6.07) is 22.0. The largest absolute Gasteiger partial charge is 0.143 e. The normalized spacial score (nSPS) is 11.4. The second kappa shape index (κ2) is 9.78. The highest BCUT2D eigenvalue weighted by Gasteiger charge is 1.97. The molecule has 146 valence electrons. The molecular weight excluding hydrogens is 392 g/mol.